The average molecular weight is 348 g/mol. The molecule has 0 bridgehead atoms. The van der Waals surface area contributed by atoms with Crippen molar-refractivity contribution >= 4 is 11.6 Å². The van der Waals surface area contributed by atoms with E-state index in [1.165, 1.54) is 16.8 Å². The van der Waals surface area contributed by atoms with Crippen LogP contribution in [0, 0.1) is 6.92 Å². The molecule has 1 aliphatic heterocycles. The zero-order valence-electron chi connectivity index (χ0n) is 16.0. The molecule has 1 heterocycles. The fourth-order valence-corrected chi connectivity index (χ4v) is 2.73. The highest BCUT2D eigenvalue weighted by Crippen LogP contribution is 2.17. The Bertz CT molecular complexity index is 554. The smallest absolute Gasteiger partial charge is 0.191 e. The second-order valence-corrected chi connectivity index (χ2v) is 6.57. The van der Waals surface area contributed by atoms with Crippen LogP contribution in [0.25, 0.3) is 0 Å². The molecule has 1 unspecified atom stereocenters. The summed E-state index contributed by atoms with van der Waals surface area (Å²) in [7, 11) is 5.91. The Morgan fingerprint density at radius 2 is 2.20 bits per heavy atom. The first-order chi connectivity index (χ1) is 12.1. The Labute approximate surface area is 151 Å². The summed E-state index contributed by atoms with van der Waals surface area (Å²) in [6, 6.07) is 6.52. The van der Waals surface area contributed by atoms with Crippen LogP contribution in [0.1, 0.15) is 24.0 Å². The van der Waals surface area contributed by atoms with E-state index < -0.39 is 0 Å². The Morgan fingerprint density at radius 1 is 1.36 bits per heavy atom. The van der Waals surface area contributed by atoms with E-state index in [0.717, 1.165) is 51.7 Å². The molecule has 2 N–H and O–H groups in total. The van der Waals surface area contributed by atoms with Gasteiger partial charge in [-0.05, 0) is 43.0 Å². The van der Waals surface area contributed by atoms with Gasteiger partial charge in [0.1, 0.15) is 0 Å². The topological polar surface area (TPSA) is 58.1 Å². The van der Waals surface area contributed by atoms with Crippen molar-refractivity contribution in [1.29, 1.82) is 0 Å². The molecular formula is C19H32N4O2. The summed E-state index contributed by atoms with van der Waals surface area (Å²) in [6.45, 7) is 6.06. The molecule has 140 valence electrons. The average Bonchev–Trinajstić information content (AvgIpc) is 3.11. The minimum atomic E-state index is 0.283. The van der Waals surface area contributed by atoms with E-state index >= 15 is 0 Å². The summed E-state index contributed by atoms with van der Waals surface area (Å²) >= 11 is 0. The SMILES string of the molecule is CN=C(NCCCOC1CCOC1)NCc1ccc(N(C)C)cc1C. The number of ether oxygens (including phenoxy) is 2. The molecule has 0 aromatic heterocycles. The van der Waals surface area contributed by atoms with Gasteiger partial charge < -0.3 is 25.0 Å². The monoisotopic (exact) mass is 348 g/mol. The molecule has 0 spiro atoms. The number of nitrogens with zero attached hydrogens (tertiary/aromatic N) is 2. The number of guanidine groups is 1. The molecule has 0 radical (unpaired) electrons. The molecule has 0 aliphatic carbocycles. The van der Waals surface area contributed by atoms with Gasteiger partial charge in [-0.25, -0.2) is 0 Å². The van der Waals surface area contributed by atoms with Crippen molar-refractivity contribution in [2.24, 2.45) is 4.99 Å². The van der Waals surface area contributed by atoms with Gasteiger partial charge in [0.05, 0.1) is 12.7 Å². The lowest BCUT2D eigenvalue weighted by molar-refractivity contribution is 0.0420. The first kappa shape index (κ1) is 19.5. The molecule has 1 aromatic carbocycles. The maximum Gasteiger partial charge on any atom is 0.191 e. The highest BCUT2D eigenvalue weighted by molar-refractivity contribution is 5.79. The van der Waals surface area contributed by atoms with E-state index in [1.807, 2.05) is 0 Å². The van der Waals surface area contributed by atoms with Crippen LogP contribution in [0.15, 0.2) is 23.2 Å². The molecule has 0 amide bonds. The van der Waals surface area contributed by atoms with Crippen LogP contribution in [0.3, 0.4) is 0 Å². The van der Waals surface area contributed by atoms with E-state index in [2.05, 4.69) is 59.7 Å². The van der Waals surface area contributed by atoms with Gasteiger partial charge in [-0.15, -0.1) is 0 Å². The van der Waals surface area contributed by atoms with Gasteiger partial charge in [0.15, 0.2) is 5.96 Å². The molecular weight excluding hydrogens is 316 g/mol. The molecule has 6 heteroatoms. The maximum absolute atomic E-state index is 5.76. The standard InChI is InChI=1S/C19H32N4O2/c1-15-12-17(23(3)4)7-6-16(15)13-22-19(20-2)21-9-5-10-25-18-8-11-24-14-18/h6-7,12,18H,5,8-11,13-14H2,1-4H3,(H2,20,21,22). The first-order valence-corrected chi connectivity index (χ1v) is 9.01. The van der Waals surface area contributed by atoms with Gasteiger partial charge in [0.25, 0.3) is 0 Å². The minimum absolute atomic E-state index is 0.283. The molecule has 1 aromatic rings. The van der Waals surface area contributed by atoms with Crippen LogP contribution >= 0.6 is 0 Å². The number of nitrogens with one attached hydrogen (secondary N) is 2. The molecule has 6 nitrogen and oxygen atoms in total. The lowest BCUT2D eigenvalue weighted by atomic mass is 10.1. The highest BCUT2D eigenvalue weighted by atomic mass is 16.5. The summed E-state index contributed by atoms with van der Waals surface area (Å²) < 4.78 is 11.1. The number of benzene rings is 1. The fourth-order valence-electron chi connectivity index (χ4n) is 2.73. The van der Waals surface area contributed by atoms with Crippen molar-refractivity contribution in [3.05, 3.63) is 29.3 Å². The lowest BCUT2D eigenvalue weighted by Crippen LogP contribution is -2.37. The zero-order chi connectivity index (χ0) is 18.1. The highest BCUT2D eigenvalue weighted by Gasteiger charge is 2.15. The van der Waals surface area contributed by atoms with Crippen LogP contribution < -0.4 is 15.5 Å². The molecule has 1 saturated heterocycles. The summed E-state index contributed by atoms with van der Waals surface area (Å²) in [6.07, 6.45) is 2.25. The summed E-state index contributed by atoms with van der Waals surface area (Å²) in [5.41, 5.74) is 3.77. The predicted molar refractivity (Wildman–Crippen MR) is 104 cm³/mol. The third-order valence-electron chi connectivity index (χ3n) is 4.37. The molecule has 1 fully saturated rings. The van der Waals surface area contributed by atoms with Gasteiger partial charge in [-0.2, -0.15) is 0 Å². The van der Waals surface area contributed by atoms with Gasteiger partial charge in [0.2, 0.25) is 0 Å². The number of rotatable bonds is 8. The quantitative estimate of drug-likeness (QED) is 0.427. The molecule has 1 atom stereocenters. The summed E-state index contributed by atoms with van der Waals surface area (Å²) in [5, 5.41) is 6.71. The second-order valence-electron chi connectivity index (χ2n) is 6.57. The van der Waals surface area contributed by atoms with Crippen molar-refractivity contribution in [1.82, 2.24) is 10.6 Å². The molecule has 2 rings (SSSR count). The zero-order valence-corrected chi connectivity index (χ0v) is 16.0. The molecule has 1 aliphatic rings. The predicted octanol–water partition coefficient (Wildman–Crippen LogP) is 1.92. The van der Waals surface area contributed by atoms with Crippen LogP contribution in [-0.4, -0.2) is 59.6 Å². The van der Waals surface area contributed by atoms with Crippen LogP contribution in [0.5, 0.6) is 0 Å². The first-order valence-electron chi connectivity index (χ1n) is 9.01. The van der Waals surface area contributed by atoms with Crippen molar-refractivity contribution in [3.8, 4) is 0 Å². The fraction of sp³-hybridized carbons (Fsp3) is 0.632. The third-order valence-corrected chi connectivity index (χ3v) is 4.37. The van der Waals surface area contributed by atoms with Gasteiger partial charge in [-0.3, -0.25) is 4.99 Å². The van der Waals surface area contributed by atoms with Gasteiger partial charge >= 0.3 is 0 Å². The summed E-state index contributed by atoms with van der Waals surface area (Å²) in [4.78, 5) is 6.39. The van der Waals surface area contributed by atoms with E-state index in [4.69, 9.17) is 9.47 Å². The second kappa shape index (κ2) is 10.3. The lowest BCUT2D eigenvalue weighted by Gasteiger charge is -2.17. The Hall–Kier alpha value is -1.79. The van der Waals surface area contributed by atoms with Crippen molar-refractivity contribution in [2.75, 3.05) is 52.4 Å². The van der Waals surface area contributed by atoms with Crippen molar-refractivity contribution in [2.45, 2.75) is 32.4 Å². The Morgan fingerprint density at radius 3 is 2.84 bits per heavy atom. The summed E-state index contributed by atoms with van der Waals surface area (Å²) in [5.74, 6) is 0.820. The van der Waals surface area contributed by atoms with Gasteiger partial charge in [-0.1, -0.05) is 6.07 Å². The number of anilines is 1. The van der Waals surface area contributed by atoms with E-state index in [9.17, 15) is 0 Å². The van der Waals surface area contributed by atoms with Crippen LogP contribution in [-0.2, 0) is 16.0 Å². The number of hydrogen-bond donors (Lipinski definition) is 2. The number of aliphatic imine (C=N–C) groups is 1. The Kier molecular flexibility index (Phi) is 8.01. The third kappa shape index (κ3) is 6.55. The minimum Gasteiger partial charge on any atom is -0.379 e. The largest absolute Gasteiger partial charge is 0.379 e. The van der Waals surface area contributed by atoms with Crippen LogP contribution in [0.4, 0.5) is 5.69 Å². The number of aryl methyl sites for hydroxylation is 1. The van der Waals surface area contributed by atoms with Crippen molar-refractivity contribution in [3.63, 3.8) is 0 Å². The van der Waals surface area contributed by atoms with E-state index in [0.29, 0.717) is 0 Å². The Balaban J connectivity index is 1.67. The maximum atomic E-state index is 5.76. The molecule has 0 saturated carbocycles. The van der Waals surface area contributed by atoms with Crippen LogP contribution in [0.2, 0.25) is 0 Å². The normalized spacial score (nSPS) is 17.6. The van der Waals surface area contributed by atoms with E-state index in [1.54, 1.807) is 7.05 Å². The number of hydrogen-bond acceptors (Lipinski definition) is 4. The van der Waals surface area contributed by atoms with Gasteiger partial charge in [0, 0.05) is 53.1 Å². The van der Waals surface area contributed by atoms with Crippen molar-refractivity contribution < 1.29 is 9.47 Å². The van der Waals surface area contributed by atoms with E-state index in [-0.39, 0.29) is 6.10 Å². The molecule has 25 heavy (non-hydrogen) atoms.